The molecule has 22 heavy (non-hydrogen) atoms. The maximum absolute atomic E-state index is 12.9. The van der Waals surface area contributed by atoms with Gasteiger partial charge in [0.15, 0.2) is 0 Å². The molecule has 3 heterocycles. The first kappa shape index (κ1) is 13.5. The zero-order valence-corrected chi connectivity index (χ0v) is 12.5. The Morgan fingerprint density at radius 3 is 2.95 bits per heavy atom. The standard InChI is InChI=1S/C17H20N4O/c22-17(15-10-14(19-20-15)12-6-7-12)21-9-2-1-5-16(21)13-4-3-8-18-11-13/h3-4,8,10-12,16H,1-2,5-7,9H2,(H,19,20)/t16-/m1/s1. The van der Waals surface area contributed by atoms with Crippen LogP contribution in [0, 0.1) is 0 Å². The number of hydrogen-bond donors (Lipinski definition) is 1. The van der Waals surface area contributed by atoms with Gasteiger partial charge in [0.2, 0.25) is 0 Å². The quantitative estimate of drug-likeness (QED) is 0.947. The molecule has 0 spiro atoms. The van der Waals surface area contributed by atoms with E-state index < -0.39 is 0 Å². The fourth-order valence-electron chi connectivity index (χ4n) is 3.29. The van der Waals surface area contributed by atoms with Crippen molar-refractivity contribution >= 4 is 5.91 Å². The molecule has 1 atom stereocenters. The summed E-state index contributed by atoms with van der Waals surface area (Å²) in [4.78, 5) is 19.0. The minimum absolute atomic E-state index is 0.0386. The van der Waals surface area contributed by atoms with E-state index in [9.17, 15) is 4.79 Å². The topological polar surface area (TPSA) is 61.9 Å². The predicted molar refractivity (Wildman–Crippen MR) is 82.4 cm³/mol. The monoisotopic (exact) mass is 296 g/mol. The van der Waals surface area contributed by atoms with Crippen molar-refractivity contribution in [2.24, 2.45) is 0 Å². The van der Waals surface area contributed by atoms with Crippen LogP contribution >= 0.6 is 0 Å². The predicted octanol–water partition coefficient (Wildman–Crippen LogP) is 3.05. The number of pyridine rings is 1. The summed E-state index contributed by atoms with van der Waals surface area (Å²) >= 11 is 0. The second-order valence-electron chi connectivity index (χ2n) is 6.28. The van der Waals surface area contributed by atoms with Gasteiger partial charge in [0.05, 0.1) is 6.04 Å². The first-order valence-electron chi connectivity index (χ1n) is 8.09. The van der Waals surface area contributed by atoms with E-state index in [0.29, 0.717) is 11.6 Å². The molecule has 1 amide bonds. The molecule has 0 aromatic carbocycles. The van der Waals surface area contributed by atoms with Gasteiger partial charge < -0.3 is 4.90 Å². The van der Waals surface area contributed by atoms with E-state index in [0.717, 1.165) is 37.1 Å². The molecule has 2 aromatic rings. The number of nitrogens with one attached hydrogen (secondary N) is 1. The maximum Gasteiger partial charge on any atom is 0.274 e. The van der Waals surface area contributed by atoms with Crippen molar-refractivity contribution in [3.8, 4) is 0 Å². The lowest BCUT2D eigenvalue weighted by Crippen LogP contribution is -2.38. The van der Waals surface area contributed by atoms with Gasteiger partial charge in [-0.1, -0.05) is 6.07 Å². The molecule has 4 rings (SSSR count). The molecule has 0 unspecified atom stereocenters. The Hall–Kier alpha value is -2.17. The first-order chi connectivity index (χ1) is 10.8. The van der Waals surface area contributed by atoms with E-state index in [1.54, 1.807) is 6.20 Å². The van der Waals surface area contributed by atoms with Crippen LogP contribution in [0.2, 0.25) is 0 Å². The lowest BCUT2D eigenvalue weighted by Gasteiger charge is -2.35. The summed E-state index contributed by atoms with van der Waals surface area (Å²) in [6.45, 7) is 0.796. The summed E-state index contributed by atoms with van der Waals surface area (Å²) in [6, 6.07) is 6.06. The molecule has 5 nitrogen and oxygen atoms in total. The molecule has 0 bridgehead atoms. The lowest BCUT2D eigenvalue weighted by molar-refractivity contribution is 0.0605. The van der Waals surface area contributed by atoms with Crippen molar-refractivity contribution in [1.29, 1.82) is 0 Å². The largest absolute Gasteiger partial charge is 0.330 e. The van der Waals surface area contributed by atoms with Crippen LogP contribution in [0.1, 0.15) is 65.8 Å². The van der Waals surface area contributed by atoms with Gasteiger partial charge in [-0.15, -0.1) is 0 Å². The molecule has 0 radical (unpaired) electrons. The van der Waals surface area contributed by atoms with E-state index >= 15 is 0 Å². The van der Waals surface area contributed by atoms with E-state index in [2.05, 4.69) is 21.2 Å². The van der Waals surface area contributed by atoms with Gasteiger partial charge in [0, 0.05) is 30.6 Å². The fraction of sp³-hybridized carbons (Fsp3) is 0.471. The summed E-state index contributed by atoms with van der Waals surface area (Å²) in [5.41, 5.74) is 2.78. The van der Waals surface area contributed by atoms with Crippen LogP contribution in [-0.2, 0) is 0 Å². The molecule has 2 fully saturated rings. The molecule has 114 valence electrons. The van der Waals surface area contributed by atoms with Crippen LogP contribution in [0.5, 0.6) is 0 Å². The molecule has 1 aliphatic heterocycles. The molecular formula is C17H20N4O. The first-order valence-corrected chi connectivity index (χ1v) is 8.09. The van der Waals surface area contributed by atoms with Crippen molar-refractivity contribution in [1.82, 2.24) is 20.1 Å². The Morgan fingerprint density at radius 1 is 1.27 bits per heavy atom. The number of likely N-dealkylation sites (tertiary alicyclic amines) is 1. The fourth-order valence-corrected chi connectivity index (χ4v) is 3.29. The van der Waals surface area contributed by atoms with Gasteiger partial charge in [0.1, 0.15) is 5.69 Å². The Morgan fingerprint density at radius 2 is 2.18 bits per heavy atom. The van der Waals surface area contributed by atoms with Crippen molar-refractivity contribution in [2.45, 2.75) is 44.1 Å². The number of hydrogen-bond acceptors (Lipinski definition) is 3. The number of piperidine rings is 1. The number of carbonyl (C=O) groups is 1. The zero-order chi connectivity index (χ0) is 14.9. The van der Waals surface area contributed by atoms with Crippen LogP contribution < -0.4 is 0 Å². The van der Waals surface area contributed by atoms with E-state index in [-0.39, 0.29) is 11.9 Å². The molecule has 2 aromatic heterocycles. The second kappa shape index (κ2) is 5.55. The van der Waals surface area contributed by atoms with Crippen molar-refractivity contribution in [3.05, 3.63) is 47.5 Å². The van der Waals surface area contributed by atoms with Gasteiger partial charge in [-0.05, 0) is 49.8 Å². The van der Waals surface area contributed by atoms with Gasteiger partial charge in [-0.25, -0.2) is 0 Å². The minimum atomic E-state index is 0.0386. The van der Waals surface area contributed by atoms with Crippen molar-refractivity contribution in [3.63, 3.8) is 0 Å². The summed E-state index contributed by atoms with van der Waals surface area (Å²) in [7, 11) is 0. The van der Waals surface area contributed by atoms with Gasteiger partial charge in [-0.3, -0.25) is 14.9 Å². The van der Waals surface area contributed by atoms with Crippen LogP contribution in [0.4, 0.5) is 0 Å². The number of carbonyl (C=O) groups excluding carboxylic acids is 1. The third-order valence-electron chi connectivity index (χ3n) is 4.67. The van der Waals surface area contributed by atoms with E-state index in [1.807, 2.05) is 23.2 Å². The van der Waals surface area contributed by atoms with Crippen molar-refractivity contribution in [2.75, 3.05) is 6.54 Å². The Balaban J connectivity index is 1.58. The zero-order valence-electron chi connectivity index (χ0n) is 12.5. The highest BCUT2D eigenvalue weighted by molar-refractivity contribution is 5.92. The average molecular weight is 296 g/mol. The third kappa shape index (κ3) is 2.51. The van der Waals surface area contributed by atoms with Gasteiger partial charge in [-0.2, -0.15) is 5.10 Å². The highest BCUT2D eigenvalue weighted by atomic mass is 16.2. The summed E-state index contributed by atoms with van der Waals surface area (Å²) in [5, 5.41) is 7.28. The van der Waals surface area contributed by atoms with Crippen LogP contribution in [0.25, 0.3) is 0 Å². The number of rotatable bonds is 3. The molecule has 1 N–H and O–H groups in total. The number of nitrogens with zero attached hydrogens (tertiary/aromatic N) is 3. The SMILES string of the molecule is O=C(c1cc(C2CC2)[nH]n1)N1CCCC[C@@H]1c1cccnc1. The maximum atomic E-state index is 12.9. The molecule has 5 heteroatoms. The number of amides is 1. The smallest absolute Gasteiger partial charge is 0.274 e. The van der Waals surface area contributed by atoms with Crippen LogP contribution in [0.15, 0.2) is 30.6 Å². The Labute approximate surface area is 129 Å². The average Bonchev–Trinajstić information content (AvgIpc) is 3.32. The molecule has 2 aliphatic rings. The lowest BCUT2D eigenvalue weighted by atomic mass is 9.96. The van der Waals surface area contributed by atoms with Crippen LogP contribution in [-0.4, -0.2) is 32.5 Å². The number of aromatic amines is 1. The molecule has 1 aliphatic carbocycles. The normalized spacial score (nSPS) is 21.8. The second-order valence-corrected chi connectivity index (χ2v) is 6.28. The number of H-pyrrole nitrogens is 1. The minimum Gasteiger partial charge on any atom is -0.330 e. The summed E-state index contributed by atoms with van der Waals surface area (Å²) in [5.74, 6) is 0.626. The van der Waals surface area contributed by atoms with Gasteiger partial charge in [0.25, 0.3) is 5.91 Å². The summed E-state index contributed by atoms with van der Waals surface area (Å²) in [6.07, 6.45) is 9.26. The van der Waals surface area contributed by atoms with E-state index in [4.69, 9.17) is 0 Å². The molecule has 1 saturated heterocycles. The molecular weight excluding hydrogens is 276 g/mol. The van der Waals surface area contributed by atoms with Crippen LogP contribution in [0.3, 0.4) is 0 Å². The third-order valence-corrected chi connectivity index (χ3v) is 4.67. The Bertz CT molecular complexity index is 662. The van der Waals surface area contributed by atoms with Crippen molar-refractivity contribution < 1.29 is 4.79 Å². The summed E-state index contributed by atoms with van der Waals surface area (Å²) < 4.78 is 0. The van der Waals surface area contributed by atoms with Gasteiger partial charge >= 0.3 is 0 Å². The van der Waals surface area contributed by atoms with E-state index in [1.165, 1.54) is 12.8 Å². The Kier molecular flexibility index (Phi) is 3.41. The highest BCUT2D eigenvalue weighted by Crippen LogP contribution is 2.39. The highest BCUT2D eigenvalue weighted by Gasteiger charge is 2.32. The molecule has 1 saturated carbocycles. The number of aromatic nitrogens is 3.